The van der Waals surface area contributed by atoms with Gasteiger partial charge >= 0.3 is 0 Å². The number of amides is 2. The molecule has 0 unspecified atom stereocenters. The lowest BCUT2D eigenvalue weighted by Gasteiger charge is -2.11. The molecule has 0 spiro atoms. The molecular formula is C18H19BrN2O3. The largest absolute Gasteiger partial charge is 0.491 e. The summed E-state index contributed by atoms with van der Waals surface area (Å²) < 4.78 is 6.36. The Balaban J connectivity index is 1.94. The van der Waals surface area contributed by atoms with Gasteiger partial charge in [-0.15, -0.1) is 0 Å². The van der Waals surface area contributed by atoms with E-state index in [2.05, 4.69) is 26.8 Å². The molecule has 126 valence electrons. The minimum Gasteiger partial charge on any atom is -0.491 e. The number of ether oxygens (including phenoxy) is 1. The first-order valence-electron chi connectivity index (χ1n) is 7.50. The molecule has 0 atom stereocenters. The minimum atomic E-state index is -0.398. The lowest BCUT2D eigenvalue weighted by molar-refractivity contribution is 0.0846. The van der Waals surface area contributed by atoms with E-state index >= 15 is 0 Å². The van der Waals surface area contributed by atoms with E-state index in [0.29, 0.717) is 16.9 Å². The predicted octanol–water partition coefficient (Wildman–Crippen LogP) is 3.62. The highest BCUT2D eigenvalue weighted by molar-refractivity contribution is 9.10. The van der Waals surface area contributed by atoms with Crippen molar-refractivity contribution in [1.29, 1.82) is 0 Å². The number of nitrogens with one attached hydrogen (secondary N) is 2. The van der Waals surface area contributed by atoms with Gasteiger partial charge in [-0.1, -0.05) is 22.0 Å². The second kappa shape index (κ2) is 7.97. The van der Waals surface area contributed by atoms with E-state index in [1.165, 1.54) is 0 Å². The zero-order valence-corrected chi connectivity index (χ0v) is 15.3. The summed E-state index contributed by atoms with van der Waals surface area (Å²) in [7, 11) is 0. The Bertz CT molecular complexity index is 742. The molecule has 5 nitrogen and oxygen atoms in total. The summed E-state index contributed by atoms with van der Waals surface area (Å²) in [4.78, 5) is 24.1. The molecule has 0 radical (unpaired) electrons. The van der Waals surface area contributed by atoms with Crippen LogP contribution in [0.3, 0.4) is 0 Å². The van der Waals surface area contributed by atoms with E-state index in [0.717, 1.165) is 10.0 Å². The minimum absolute atomic E-state index is 0.0674. The Hall–Kier alpha value is -2.34. The molecule has 2 aromatic carbocycles. The molecule has 0 fully saturated rings. The number of halogens is 1. The number of rotatable bonds is 4. The third kappa shape index (κ3) is 4.83. The fourth-order valence-corrected chi connectivity index (χ4v) is 2.33. The van der Waals surface area contributed by atoms with Crippen molar-refractivity contribution in [2.24, 2.45) is 0 Å². The summed E-state index contributed by atoms with van der Waals surface area (Å²) in [6.07, 6.45) is 0.0674. The fourth-order valence-electron chi connectivity index (χ4n) is 1.95. The van der Waals surface area contributed by atoms with Crippen molar-refractivity contribution in [2.75, 3.05) is 0 Å². The quantitative estimate of drug-likeness (QED) is 0.783. The molecule has 24 heavy (non-hydrogen) atoms. The molecule has 2 aromatic rings. The molecule has 0 aliphatic rings. The molecule has 2 N–H and O–H groups in total. The van der Waals surface area contributed by atoms with Crippen LogP contribution in [0.2, 0.25) is 0 Å². The topological polar surface area (TPSA) is 67.4 Å². The van der Waals surface area contributed by atoms with Crippen molar-refractivity contribution in [2.45, 2.75) is 26.9 Å². The highest BCUT2D eigenvalue weighted by Gasteiger charge is 2.10. The second-order valence-electron chi connectivity index (χ2n) is 5.56. The van der Waals surface area contributed by atoms with Crippen molar-refractivity contribution in [3.05, 3.63) is 63.6 Å². The summed E-state index contributed by atoms with van der Waals surface area (Å²) in [6, 6.07) is 11.9. The number of benzene rings is 2. The third-order valence-electron chi connectivity index (χ3n) is 3.21. The SMILES string of the molecule is Cc1ccc(C(=O)NNC(=O)c2ccc(OC(C)C)cc2)cc1Br. The van der Waals surface area contributed by atoms with Gasteiger partial charge in [0, 0.05) is 15.6 Å². The summed E-state index contributed by atoms with van der Waals surface area (Å²) in [5.74, 6) is -0.0930. The molecule has 2 amide bonds. The van der Waals surface area contributed by atoms with Crippen LogP contribution in [0.25, 0.3) is 0 Å². The van der Waals surface area contributed by atoms with Gasteiger partial charge in [0.25, 0.3) is 11.8 Å². The van der Waals surface area contributed by atoms with Crippen molar-refractivity contribution >= 4 is 27.7 Å². The monoisotopic (exact) mass is 390 g/mol. The zero-order valence-electron chi connectivity index (χ0n) is 13.7. The third-order valence-corrected chi connectivity index (χ3v) is 4.07. The van der Waals surface area contributed by atoms with Crippen LogP contribution in [-0.4, -0.2) is 17.9 Å². The Morgan fingerprint density at radius 3 is 2.04 bits per heavy atom. The molecule has 0 aliphatic carbocycles. The molecular weight excluding hydrogens is 372 g/mol. The average Bonchev–Trinajstić information content (AvgIpc) is 2.55. The van der Waals surface area contributed by atoms with Gasteiger partial charge in [0.15, 0.2) is 0 Å². The highest BCUT2D eigenvalue weighted by atomic mass is 79.9. The van der Waals surface area contributed by atoms with E-state index in [4.69, 9.17) is 4.74 Å². The standard InChI is InChI=1S/C18H19BrN2O3/c1-11(2)24-15-8-6-13(7-9-15)17(22)20-21-18(23)14-5-4-12(3)16(19)10-14/h4-11H,1-3H3,(H,20,22)(H,21,23). The number of carbonyl (C=O) groups excluding carboxylic acids is 2. The van der Waals surface area contributed by atoms with Gasteiger partial charge in [0.05, 0.1) is 6.10 Å². The zero-order chi connectivity index (χ0) is 17.7. The van der Waals surface area contributed by atoms with Gasteiger partial charge in [-0.3, -0.25) is 20.4 Å². The van der Waals surface area contributed by atoms with Crippen molar-refractivity contribution in [3.8, 4) is 5.75 Å². The van der Waals surface area contributed by atoms with Crippen LogP contribution in [0.15, 0.2) is 46.9 Å². The summed E-state index contributed by atoms with van der Waals surface area (Å²) in [5.41, 5.74) is 6.70. The van der Waals surface area contributed by atoms with E-state index in [-0.39, 0.29) is 12.0 Å². The van der Waals surface area contributed by atoms with Gasteiger partial charge in [-0.05, 0) is 62.7 Å². The van der Waals surface area contributed by atoms with E-state index in [9.17, 15) is 9.59 Å². The summed E-state index contributed by atoms with van der Waals surface area (Å²) >= 11 is 3.38. The Kier molecular flexibility index (Phi) is 5.98. The van der Waals surface area contributed by atoms with Crippen LogP contribution in [0.5, 0.6) is 5.75 Å². The number of hydrogen-bond donors (Lipinski definition) is 2. The van der Waals surface area contributed by atoms with E-state index < -0.39 is 5.91 Å². The van der Waals surface area contributed by atoms with Crippen LogP contribution >= 0.6 is 15.9 Å². The van der Waals surface area contributed by atoms with Gasteiger partial charge in [-0.2, -0.15) is 0 Å². The fraction of sp³-hybridized carbons (Fsp3) is 0.222. The van der Waals surface area contributed by atoms with Crippen LogP contribution in [0.1, 0.15) is 40.1 Å². The summed E-state index contributed by atoms with van der Waals surface area (Å²) in [6.45, 7) is 5.79. The number of hydrazine groups is 1. The van der Waals surface area contributed by atoms with Crippen LogP contribution < -0.4 is 15.6 Å². The summed E-state index contributed by atoms with van der Waals surface area (Å²) in [5, 5.41) is 0. The maximum atomic E-state index is 12.1. The molecule has 0 bridgehead atoms. The van der Waals surface area contributed by atoms with Gasteiger partial charge in [-0.25, -0.2) is 0 Å². The predicted molar refractivity (Wildman–Crippen MR) is 96.0 cm³/mol. The van der Waals surface area contributed by atoms with Crippen molar-refractivity contribution in [3.63, 3.8) is 0 Å². The molecule has 0 aliphatic heterocycles. The van der Waals surface area contributed by atoms with E-state index in [1.807, 2.05) is 26.8 Å². The molecule has 6 heteroatoms. The maximum absolute atomic E-state index is 12.1. The van der Waals surface area contributed by atoms with Crippen molar-refractivity contribution in [1.82, 2.24) is 10.9 Å². The Morgan fingerprint density at radius 1 is 0.958 bits per heavy atom. The number of hydrogen-bond acceptors (Lipinski definition) is 3. The first-order valence-corrected chi connectivity index (χ1v) is 8.29. The average molecular weight is 391 g/mol. The van der Waals surface area contributed by atoms with E-state index in [1.54, 1.807) is 36.4 Å². The molecule has 0 aromatic heterocycles. The molecule has 0 saturated heterocycles. The number of carbonyl (C=O) groups is 2. The van der Waals surface area contributed by atoms with Crippen LogP contribution in [0, 0.1) is 6.92 Å². The highest BCUT2D eigenvalue weighted by Crippen LogP contribution is 2.17. The number of aryl methyl sites for hydroxylation is 1. The van der Waals surface area contributed by atoms with Crippen LogP contribution in [-0.2, 0) is 0 Å². The van der Waals surface area contributed by atoms with Crippen molar-refractivity contribution < 1.29 is 14.3 Å². The first-order chi connectivity index (χ1) is 11.4. The molecule has 2 rings (SSSR count). The Morgan fingerprint density at radius 2 is 1.50 bits per heavy atom. The molecule has 0 heterocycles. The van der Waals surface area contributed by atoms with Gasteiger partial charge in [0.1, 0.15) is 5.75 Å². The molecule has 0 saturated carbocycles. The Labute approximate surface area is 149 Å². The smallest absolute Gasteiger partial charge is 0.269 e. The normalized spacial score (nSPS) is 10.4. The first kappa shape index (κ1) is 18.0. The maximum Gasteiger partial charge on any atom is 0.269 e. The second-order valence-corrected chi connectivity index (χ2v) is 6.42. The lowest BCUT2D eigenvalue weighted by Crippen LogP contribution is -2.41. The van der Waals surface area contributed by atoms with Gasteiger partial charge < -0.3 is 4.74 Å². The van der Waals surface area contributed by atoms with Gasteiger partial charge in [0.2, 0.25) is 0 Å². The van der Waals surface area contributed by atoms with Crippen LogP contribution in [0.4, 0.5) is 0 Å². The lowest BCUT2D eigenvalue weighted by atomic mass is 10.1.